The summed E-state index contributed by atoms with van der Waals surface area (Å²) in [6.07, 6.45) is 0. The highest BCUT2D eigenvalue weighted by atomic mass is 16.5. The van der Waals surface area contributed by atoms with Gasteiger partial charge in [0.2, 0.25) is 0 Å². The van der Waals surface area contributed by atoms with E-state index in [2.05, 4.69) is 11.9 Å². The van der Waals surface area contributed by atoms with Gasteiger partial charge in [0, 0.05) is 26.2 Å². The second kappa shape index (κ2) is 7.86. The molecular formula is C9H21N3O. The first-order chi connectivity index (χ1) is 6.26. The van der Waals surface area contributed by atoms with Crippen LogP contribution in [0.25, 0.3) is 0 Å². The monoisotopic (exact) mass is 187 g/mol. The highest BCUT2D eigenvalue weighted by Crippen LogP contribution is 1.88. The van der Waals surface area contributed by atoms with Crippen LogP contribution in [0.1, 0.15) is 20.8 Å². The first-order valence-corrected chi connectivity index (χ1v) is 4.88. The molecule has 4 heteroatoms. The van der Waals surface area contributed by atoms with Gasteiger partial charge >= 0.3 is 0 Å². The van der Waals surface area contributed by atoms with Crippen molar-refractivity contribution in [1.29, 1.82) is 0 Å². The highest BCUT2D eigenvalue weighted by molar-refractivity contribution is 5.77. The molecule has 0 atom stereocenters. The average Bonchev–Trinajstić information content (AvgIpc) is 2.13. The van der Waals surface area contributed by atoms with Crippen LogP contribution in [0.4, 0.5) is 0 Å². The van der Waals surface area contributed by atoms with Crippen LogP contribution in [-0.2, 0) is 4.74 Å². The minimum absolute atomic E-state index is 0.615. The van der Waals surface area contributed by atoms with Crippen molar-refractivity contribution in [2.24, 2.45) is 10.7 Å². The third-order valence-corrected chi connectivity index (χ3v) is 1.74. The van der Waals surface area contributed by atoms with E-state index in [0.29, 0.717) is 12.6 Å². The summed E-state index contributed by atoms with van der Waals surface area (Å²) in [6, 6.07) is 0. The van der Waals surface area contributed by atoms with Gasteiger partial charge in [-0.25, -0.2) is 0 Å². The van der Waals surface area contributed by atoms with Gasteiger partial charge in [-0.2, -0.15) is 0 Å². The Morgan fingerprint density at radius 2 is 2.08 bits per heavy atom. The van der Waals surface area contributed by atoms with Gasteiger partial charge < -0.3 is 15.4 Å². The Balaban J connectivity index is 3.80. The predicted octanol–water partition coefficient (Wildman–Crippen LogP) is 0.679. The molecule has 0 saturated heterocycles. The summed E-state index contributed by atoms with van der Waals surface area (Å²) in [5, 5.41) is 0. The lowest BCUT2D eigenvalue weighted by Gasteiger charge is -2.21. The minimum atomic E-state index is 0.615. The minimum Gasteiger partial charge on any atom is -0.380 e. The molecule has 13 heavy (non-hydrogen) atoms. The van der Waals surface area contributed by atoms with E-state index in [0.717, 1.165) is 26.2 Å². The maximum Gasteiger partial charge on any atom is 0.191 e. The summed E-state index contributed by atoms with van der Waals surface area (Å²) in [7, 11) is 0. The van der Waals surface area contributed by atoms with E-state index < -0.39 is 0 Å². The van der Waals surface area contributed by atoms with Crippen molar-refractivity contribution in [3.8, 4) is 0 Å². The second-order valence-electron chi connectivity index (χ2n) is 2.61. The number of nitrogens with zero attached hydrogens (tertiary/aromatic N) is 2. The van der Waals surface area contributed by atoms with Crippen LogP contribution in [0.3, 0.4) is 0 Å². The molecule has 0 rings (SSSR count). The summed E-state index contributed by atoms with van der Waals surface area (Å²) in [5.74, 6) is 0.615. The van der Waals surface area contributed by atoms with E-state index in [-0.39, 0.29) is 0 Å². The zero-order chi connectivity index (χ0) is 10.1. The number of rotatable bonds is 6. The molecular weight excluding hydrogens is 166 g/mol. The van der Waals surface area contributed by atoms with Crippen molar-refractivity contribution in [1.82, 2.24) is 4.90 Å². The molecule has 0 unspecified atom stereocenters. The van der Waals surface area contributed by atoms with E-state index >= 15 is 0 Å². The molecule has 0 amide bonds. The maximum atomic E-state index is 5.74. The number of guanidine groups is 1. The highest BCUT2D eigenvalue weighted by Gasteiger charge is 2.03. The molecule has 78 valence electrons. The Labute approximate surface area is 80.8 Å². The zero-order valence-corrected chi connectivity index (χ0v) is 8.92. The smallest absolute Gasteiger partial charge is 0.191 e. The Bertz CT molecular complexity index is 148. The largest absolute Gasteiger partial charge is 0.380 e. The van der Waals surface area contributed by atoms with Gasteiger partial charge in [-0.05, 0) is 20.8 Å². The van der Waals surface area contributed by atoms with Crippen molar-refractivity contribution in [2.45, 2.75) is 20.8 Å². The Kier molecular flexibility index (Phi) is 7.39. The van der Waals surface area contributed by atoms with Gasteiger partial charge in [-0.1, -0.05) is 0 Å². The van der Waals surface area contributed by atoms with Gasteiger partial charge in [0.25, 0.3) is 0 Å². The van der Waals surface area contributed by atoms with Crippen molar-refractivity contribution in [2.75, 3.05) is 32.8 Å². The van der Waals surface area contributed by atoms with Crippen LogP contribution in [0, 0.1) is 0 Å². The third-order valence-electron chi connectivity index (χ3n) is 1.74. The lowest BCUT2D eigenvalue weighted by molar-refractivity contribution is 0.133. The Hall–Kier alpha value is -0.770. The lowest BCUT2D eigenvalue weighted by Crippen LogP contribution is -2.39. The molecule has 0 aliphatic carbocycles. The Morgan fingerprint density at radius 1 is 1.38 bits per heavy atom. The van der Waals surface area contributed by atoms with E-state index in [9.17, 15) is 0 Å². The van der Waals surface area contributed by atoms with Crippen molar-refractivity contribution >= 4 is 5.96 Å². The molecule has 4 nitrogen and oxygen atoms in total. The number of aliphatic imine (C=N–C) groups is 1. The quantitative estimate of drug-likeness (QED) is 0.378. The van der Waals surface area contributed by atoms with Crippen LogP contribution < -0.4 is 5.73 Å². The molecule has 0 aromatic rings. The van der Waals surface area contributed by atoms with Crippen LogP contribution >= 0.6 is 0 Å². The number of hydrogen-bond donors (Lipinski definition) is 1. The van der Waals surface area contributed by atoms with E-state index in [1.54, 1.807) is 0 Å². The van der Waals surface area contributed by atoms with Crippen LogP contribution in [0.2, 0.25) is 0 Å². The molecule has 0 fully saturated rings. The molecule has 0 aromatic heterocycles. The van der Waals surface area contributed by atoms with E-state index in [1.165, 1.54) is 0 Å². The summed E-state index contributed by atoms with van der Waals surface area (Å²) in [6.45, 7) is 9.92. The molecule has 0 aromatic carbocycles. The molecule has 2 N–H and O–H groups in total. The van der Waals surface area contributed by atoms with Crippen molar-refractivity contribution < 1.29 is 4.74 Å². The van der Waals surface area contributed by atoms with Gasteiger partial charge in [0.05, 0.1) is 6.61 Å². The van der Waals surface area contributed by atoms with E-state index in [4.69, 9.17) is 10.5 Å². The molecule has 0 aliphatic rings. The summed E-state index contributed by atoms with van der Waals surface area (Å²) in [4.78, 5) is 6.15. The Morgan fingerprint density at radius 3 is 2.54 bits per heavy atom. The molecule has 0 saturated carbocycles. The average molecular weight is 187 g/mol. The van der Waals surface area contributed by atoms with E-state index in [1.807, 2.05) is 18.7 Å². The van der Waals surface area contributed by atoms with Crippen LogP contribution in [0.15, 0.2) is 4.99 Å². The maximum absolute atomic E-state index is 5.74. The number of ether oxygens (including phenoxy) is 1. The first-order valence-electron chi connectivity index (χ1n) is 4.88. The van der Waals surface area contributed by atoms with Crippen molar-refractivity contribution in [3.05, 3.63) is 0 Å². The first kappa shape index (κ1) is 12.2. The standard InChI is InChI=1S/C9H21N3O/c1-4-11-9(10)12(5-2)7-8-13-6-3/h4-8H2,1-3H3,(H2,10,11). The fraction of sp³-hybridized carbons (Fsp3) is 0.889. The van der Waals surface area contributed by atoms with Gasteiger partial charge in [-0.15, -0.1) is 0 Å². The van der Waals surface area contributed by atoms with Gasteiger partial charge in [0.15, 0.2) is 5.96 Å². The second-order valence-corrected chi connectivity index (χ2v) is 2.61. The van der Waals surface area contributed by atoms with Gasteiger partial charge in [0.1, 0.15) is 0 Å². The summed E-state index contributed by atoms with van der Waals surface area (Å²) >= 11 is 0. The third kappa shape index (κ3) is 5.47. The fourth-order valence-corrected chi connectivity index (χ4v) is 1.02. The molecule has 0 radical (unpaired) electrons. The number of nitrogens with two attached hydrogens (primary N) is 1. The normalized spacial score (nSPS) is 11.8. The number of likely N-dealkylation sites (N-methyl/N-ethyl adjacent to an activating group) is 1. The number of hydrogen-bond acceptors (Lipinski definition) is 2. The van der Waals surface area contributed by atoms with Crippen LogP contribution in [-0.4, -0.2) is 43.7 Å². The molecule has 0 aliphatic heterocycles. The SMILES string of the molecule is CCN=C(N)N(CC)CCOCC. The molecule has 0 spiro atoms. The molecule has 0 heterocycles. The summed E-state index contributed by atoms with van der Waals surface area (Å²) in [5.41, 5.74) is 5.74. The van der Waals surface area contributed by atoms with Crippen LogP contribution in [0.5, 0.6) is 0 Å². The van der Waals surface area contributed by atoms with Gasteiger partial charge in [-0.3, -0.25) is 4.99 Å². The fourth-order valence-electron chi connectivity index (χ4n) is 1.02. The predicted molar refractivity (Wildman–Crippen MR) is 55.9 cm³/mol. The zero-order valence-electron chi connectivity index (χ0n) is 8.92. The summed E-state index contributed by atoms with van der Waals surface area (Å²) < 4.78 is 5.24. The molecule has 0 bridgehead atoms. The van der Waals surface area contributed by atoms with Crippen molar-refractivity contribution in [3.63, 3.8) is 0 Å². The topological polar surface area (TPSA) is 50.8 Å². The lowest BCUT2D eigenvalue weighted by atomic mass is 10.5.